The molecule has 0 bridgehead atoms. The van der Waals surface area contributed by atoms with E-state index in [1.54, 1.807) is 0 Å². The smallest absolute Gasteiger partial charge is 0.220 e. The van der Waals surface area contributed by atoms with Gasteiger partial charge >= 0.3 is 0 Å². The molecule has 19 heavy (non-hydrogen) atoms. The number of unbranched alkanes of at least 4 members (excludes halogenated alkanes) is 2. The first-order valence-electron chi connectivity index (χ1n) is 8.09. The number of amides is 1. The highest BCUT2D eigenvalue weighted by atomic mass is 16.1. The van der Waals surface area contributed by atoms with Crippen molar-refractivity contribution >= 4 is 5.91 Å². The van der Waals surface area contributed by atoms with Crippen LogP contribution in [0, 0.1) is 11.8 Å². The summed E-state index contributed by atoms with van der Waals surface area (Å²) in [5.74, 6) is 1.43. The molecule has 3 atom stereocenters. The molecule has 110 valence electrons. The number of allylic oxidation sites excluding steroid dienone is 1. The number of carbonyl (C=O) groups is 1. The Kier molecular flexibility index (Phi) is 7.85. The van der Waals surface area contributed by atoms with Gasteiger partial charge in [-0.05, 0) is 37.5 Å². The molecule has 0 saturated carbocycles. The van der Waals surface area contributed by atoms with Crippen molar-refractivity contribution in [3.8, 4) is 0 Å². The molecular formula is C17H31NO. The number of nitrogens with one attached hydrogen (secondary N) is 1. The maximum atomic E-state index is 11.8. The van der Waals surface area contributed by atoms with Crippen LogP contribution in [0.3, 0.4) is 0 Å². The highest BCUT2D eigenvalue weighted by Gasteiger charge is 2.25. The lowest BCUT2D eigenvalue weighted by Crippen LogP contribution is -2.39. The predicted octanol–water partition coefficient (Wildman–Crippen LogP) is 4.45. The summed E-state index contributed by atoms with van der Waals surface area (Å²) in [6, 6.07) is 0.397. The number of hydrogen-bond donors (Lipinski definition) is 1. The van der Waals surface area contributed by atoms with Crippen molar-refractivity contribution in [2.45, 2.75) is 77.7 Å². The summed E-state index contributed by atoms with van der Waals surface area (Å²) in [6.07, 6.45) is 12.4. The molecule has 2 heteroatoms. The average Bonchev–Trinajstić information content (AvgIpc) is 2.62. The van der Waals surface area contributed by atoms with Crippen molar-refractivity contribution < 1.29 is 4.79 Å². The fourth-order valence-corrected chi connectivity index (χ4v) is 3.07. The Morgan fingerprint density at radius 2 is 2.21 bits per heavy atom. The van der Waals surface area contributed by atoms with E-state index < -0.39 is 0 Å². The Balaban J connectivity index is 2.57. The van der Waals surface area contributed by atoms with Crippen LogP contribution in [0.25, 0.3) is 0 Å². The molecule has 1 heterocycles. The van der Waals surface area contributed by atoms with E-state index in [0.717, 1.165) is 25.7 Å². The second-order valence-electron chi connectivity index (χ2n) is 6.12. The van der Waals surface area contributed by atoms with Crippen molar-refractivity contribution in [1.29, 1.82) is 0 Å². The van der Waals surface area contributed by atoms with E-state index in [-0.39, 0.29) is 5.91 Å². The highest BCUT2D eigenvalue weighted by molar-refractivity contribution is 5.76. The van der Waals surface area contributed by atoms with E-state index in [9.17, 15) is 4.79 Å². The summed E-state index contributed by atoms with van der Waals surface area (Å²) in [5, 5.41) is 3.26. The molecule has 0 spiro atoms. The molecule has 0 aliphatic carbocycles. The van der Waals surface area contributed by atoms with Crippen LogP contribution >= 0.6 is 0 Å². The maximum Gasteiger partial charge on any atom is 0.220 e. The Morgan fingerprint density at radius 1 is 1.42 bits per heavy atom. The van der Waals surface area contributed by atoms with Gasteiger partial charge in [-0.25, -0.2) is 0 Å². The third-order valence-electron chi connectivity index (χ3n) is 4.34. The predicted molar refractivity (Wildman–Crippen MR) is 82.0 cm³/mol. The van der Waals surface area contributed by atoms with Crippen molar-refractivity contribution in [1.82, 2.24) is 5.32 Å². The van der Waals surface area contributed by atoms with Gasteiger partial charge in [0.25, 0.3) is 0 Å². The Hall–Kier alpha value is -0.790. The third-order valence-corrected chi connectivity index (χ3v) is 4.34. The second-order valence-corrected chi connectivity index (χ2v) is 6.12. The van der Waals surface area contributed by atoms with Gasteiger partial charge in [0.1, 0.15) is 0 Å². The third kappa shape index (κ3) is 6.26. The first kappa shape index (κ1) is 16.3. The zero-order valence-corrected chi connectivity index (χ0v) is 12.8. The van der Waals surface area contributed by atoms with E-state index in [4.69, 9.17) is 0 Å². The molecular weight excluding hydrogens is 234 g/mol. The second kappa shape index (κ2) is 9.17. The average molecular weight is 265 g/mol. The van der Waals surface area contributed by atoms with Crippen LogP contribution < -0.4 is 5.32 Å². The first-order chi connectivity index (χ1) is 9.17. The Labute approximate surface area is 119 Å². The van der Waals surface area contributed by atoms with Gasteiger partial charge < -0.3 is 5.32 Å². The molecule has 1 aliphatic rings. The lowest BCUT2D eigenvalue weighted by molar-refractivity contribution is -0.121. The first-order valence-corrected chi connectivity index (χ1v) is 8.09. The van der Waals surface area contributed by atoms with Crippen LogP contribution in [0.1, 0.15) is 71.6 Å². The van der Waals surface area contributed by atoms with Gasteiger partial charge in [0, 0.05) is 12.5 Å². The van der Waals surface area contributed by atoms with Gasteiger partial charge in [0.15, 0.2) is 0 Å². The minimum absolute atomic E-state index is 0.259. The van der Waals surface area contributed by atoms with E-state index >= 15 is 0 Å². The molecule has 1 amide bonds. The van der Waals surface area contributed by atoms with Crippen LogP contribution in [-0.2, 0) is 4.79 Å². The van der Waals surface area contributed by atoms with Crippen LogP contribution in [0.2, 0.25) is 0 Å². The van der Waals surface area contributed by atoms with E-state index in [2.05, 4.69) is 25.7 Å². The molecule has 2 nitrogen and oxygen atoms in total. The highest BCUT2D eigenvalue weighted by Crippen LogP contribution is 2.27. The molecule has 3 unspecified atom stereocenters. The quantitative estimate of drug-likeness (QED) is 0.510. The fraction of sp³-hybridized carbons (Fsp3) is 0.824. The summed E-state index contributed by atoms with van der Waals surface area (Å²) >= 11 is 0. The molecule has 0 aromatic carbocycles. The van der Waals surface area contributed by atoms with Crippen LogP contribution in [0.4, 0.5) is 0 Å². The SMILES string of the molecule is C=CC(C)CC(CCCCC)C1CCCCC(=O)N1. The number of carbonyl (C=O) groups excluding carboxylic acids is 1. The normalized spacial score (nSPS) is 23.3. The van der Waals surface area contributed by atoms with E-state index in [1.807, 2.05) is 6.08 Å². The largest absolute Gasteiger partial charge is 0.353 e. The van der Waals surface area contributed by atoms with Crippen LogP contribution in [0.5, 0.6) is 0 Å². The van der Waals surface area contributed by atoms with Gasteiger partial charge in [-0.1, -0.05) is 45.6 Å². The van der Waals surface area contributed by atoms with Crippen molar-refractivity contribution in [2.24, 2.45) is 11.8 Å². The van der Waals surface area contributed by atoms with Gasteiger partial charge in [0.2, 0.25) is 5.91 Å². The van der Waals surface area contributed by atoms with Gasteiger partial charge in [-0.15, -0.1) is 6.58 Å². The molecule has 0 aromatic heterocycles. The van der Waals surface area contributed by atoms with Gasteiger partial charge in [-0.2, -0.15) is 0 Å². The van der Waals surface area contributed by atoms with Crippen molar-refractivity contribution in [3.05, 3.63) is 12.7 Å². The van der Waals surface area contributed by atoms with Crippen LogP contribution in [0.15, 0.2) is 12.7 Å². The van der Waals surface area contributed by atoms with Crippen molar-refractivity contribution in [3.63, 3.8) is 0 Å². The number of rotatable bonds is 8. The lowest BCUT2D eigenvalue weighted by Gasteiger charge is -2.28. The molecule has 0 radical (unpaired) electrons. The van der Waals surface area contributed by atoms with Crippen LogP contribution in [-0.4, -0.2) is 11.9 Å². The standard InChI is InChI=1S/C17H31NO/c1-4-6-7-10-15(13-14(3)5-2)16-11-8-9-12-17(19)18-16/h5,14-16H,2,4,6-13H2,1,3H3,(H,18,19). The summed E-state index contributed by atoms with van der Waals surface area (Å²) in [7, 11) is 0. The molecule has 1 saturated heterocycles. The van der Waals surface area contributed by atoms with Gasteiger partial charge in [-0.3, -0.25) is 4.79 Å². The molecule has 1 N–H and O–H groups in total. The molecule has 1 aliphatic heterocycles. The minimum Gasteiger partial charge on any atom is -0.353 e. The monoisotopic (exact) mass is 265 g/mol. The topological polar surface area (TPSA) is 29.1 Å². The summed E-state index contributed by atoms with van der Waals surface area (Å²) in [4.78, 5) is 11.8. The molecule has 1 rings (SSSR count). The molecule has 0 aromatic rings. The maximum absolute atomic E-state index is 11.8. The summed E-state index contributed by atoms with van der Waals surface area (Å²) < 4.78 is 0. The summed E-state index contributed by atoms with van der Waals surface area (Å²) in [5.41, 5.74) is 0. The zero-order valence-electron chi connectivity index (χ0n) is 12.8. The van der Waals surface area contributed by atoms with E-state index in [1.165, 1.54) is 32.1 Å². The fourth-order valence-electron chi connectivity index (χ4n) is 3.07. The van der Waals surface area contributed by atoms with Gasteiger partial charge in [0.05, 0.1) is 0 Å². The lowest BCUT2D eigenvalue weighted by atomic mass is 9.83. The minimum atomic E-state index is 0.259. The summed E-state index contributed by atoms with van der Waals surface area (Å²) in [6.45, 7) is 8.38. The Bertz CT molecular complexity index is 274. The van der Waals surface area contributed by atoms with Crippen molar-refractivity contribution in [2.75, 3.05) is 0 Å². The molecule has 1 fully saturated rings. The zero-order chi connectivity index (χ0) is 14.1. The van der Waals surface area contributed by atoms with E-state index in [0.29, 0.717) is 17.9 Å². The number of hydrogen-bond acceptors (Lipinski definition) is 1. The Morgan fingerprint density at radius 3 is 2.89 bits per heavy atom.